The van der Waals surface area contributed by atoms with E-state index >= 15 is 0 Å². The number of hydrogen-bond acceptors (Lipinski definition) is 3. The van der Waals surface area contributed by atoms with Crippen molar-refractivity contribution in [2.24, 2.45) is 4.99 Å². The van der Waals surface area contributed by atoms with Gasteiger partial charge in [0.05, 0.1) is 12.2 Å². The van der Waals surface area contributed by atoms with Gasteiger partial charge in [0.2, 0.25) is 0 Å². The van der Waals surface area contributed by atoms with Gasteiger partial charge in [-0.05, 0) is 30.3 Å². The summed E-state index contributed by atoms with van der Waals surface area (Å²) in [6.07, 6.45) is 1.75. The van der Waals surface area contributed by atoms with Gasteiger partial charge in [-0.3, -0.25) is 14.8 Å². The molecule has 1 aromatic carbocycles. The lowest BCUT2D eigenvalue weighted by Crippen LogP contribution is -2.41. The predicted octanol–water partition coefficient (Wildman–Crippen LogP) is 1.94. The van der Waals surface area contributed by atoms with Crippen LogP contribution < -0.4 is 16.0 Å². The molecule has 0 aliphatic heterocycles. The maximum absolute atomic E-state index is 12.0. The van der Waals surface area contributed by atoms with Gasteiger partial charge in [0.15, 0.2) is 5.96 Å². The number of nitrogens with one attached hydrogen (secondary N) is 3. The molecule has 24 heavy (non-hydrogen) atoms. The molecule has 1 aromatic heterocycles. The van der Waals surface area contributed by atoms with E-state index in [1.54, 1.807) is 25.4 Å². The van der Waals surface area contributed by atoms with E-state index in [-0.39, 0.29) is 5.91 Å². The molecule has 0 radical (unpaired) electrons. The molecule has 0 saturated carbocycles. The third-order valence-electron chi connectivity index (χ3n) is 3.18. The first-order valence-corrected chi connectivity index (χ1v) is 8.36. The maximum atomic E-state index is 12.0. The lowest BCUT2D eigenvalue weighted by atomic mass is 10.2. The Hall–Kier alpha value is -2.41. The summed E-state index contributed by atoms with van der Waals surface area (Å²) < 4.78 is 0.882. The molecule has 126 valence electrons. The second kappa shape index (κ2) is 9.67. The van der Waals surface area contributed by atoms with E-state index in [0.717, 1.165) is 10.2 Å². The molecule has 0 bridgehead atoms. The molecule has 0 atom stereocenters. The Bertz CT molecular complexity index is 690. The fraction of sp³-hybridized carbons (Fsp3) is 0.235. The van der Waals surface area contributed by atoms with Gasteiger partial charge in [0.25, 0.3) is 5.91 Å². The minimum Gasteiger partial charge on any atom is -0.355 e. The number of benzene rings is 1. The molecule has 1 heterocycles. The fourth-order valence-electron chi connectivity index (χ4n) is 1.99. The normalized spacial score (nSPS) is 11.0. The summed E-state index contributed by atoms with van der Waals surface area (Å²) in [6, 6.07) is 13.0. The van der Waals surface area contributed by atoms with Crippen molar-refractivity contribution in [1.82, 2.24) is 20.9 Å². The van der Waals surface area contributed by atoms with Crippen molar-refractivity contribution in [3.63, 3.8) is 0 Å². The van der Waals surface area contributed by atoms with Gasteiger partial charge in [-0.1, -0.05) is 28.1 Å². The standard InChI is InChI=1S/C17H20BrN5O/c1-19-17(23-12-15-7-2-3-8-20-15)22-10-9-21-16(24)13-5-4-6-14(18)11-13/h2-8,11H,9-10,12H2,1H3,(H,21,24)(H2,19,22,23). The molecule has 0 fully saturated rings. The van der Waals surface area contributed by atoms with Gasteiger partial charge in [-0.15, -0.1) is 0 Å². The molecular formula is C17H20BrN5O. The second-order valence-electron chi connectivity index (χ2n) is 4.94. The molecule has 0 spiro atoms. The highest BCUT2D eigenvalue weighted by Crippen LogP contribution is 2.11. The number of nitrogens with zero attached hydrogens (tertiary/aromatic N) is 2. The zero-order valence-electron chi connectivity index (χ0n) is 13.4. The number of rotatable bonds is 6. The molecule has 3 N–H and O–H groups in total. The Morgan fingerprint density at radius 3 is 2.67 bits per heavy atom. The average Bonchev–Trinajstić information content (AvgIpc) is 2.61. The summed E-state index contributed by atoms with van der Waals surface area (Å²) in [7, 11) is 1.70. The van der Waals surface area contributed by atoms with Crippen LogP contribution in [0.15, 0.2) is 58.1 Å². The zero-order chi connectivity index (χ0) is 17.2. The number of guanidine groups is 1. The summed E-state index contributed by atoms with van der Waals surface area (Å²) in [6.45, 7) is 1.65. The first-order chi connectivity index (χ1) is 11.7. The van der Waals surface area contributed by atoms with Crippen LogP contribution in [0.2, 0.25) is 0 Å². The third kappa shape index (κ3) is 6.00. The molecule has 0 aliphatic carbocycles. The summed E-state index contributed by atoms with van der Waals surface area (Å²) in [5, 5.41) is 9.18. The van der Waals surface area contributed by atoms with E-state index < -0.39 is 0 Å². The molecular weight excluding hydrogens is 370 g/mol. The van der Waals surface area contributed by atoms with Crippen molar-refractivity contribution in [3.05, 3.63) is 64.4 Å². The number of amides is 1. The number of hydrogen-bond donors (Lipinski definition) is 3. The van der Waals surface area contributed by atoms with Crippen LogP contribution in [0.3, 0.4) is 0 Å². The van der Waals surface area contributed by atoms with Crippen LogP contribution in [0.1, 0.15) is 16.1 Å². The molecule has 6 nitrogen and oxygen atoms in total. The van der Waals surface area contributed by atoms with Crippen molar-refractivity contribution in [2.45, 2.75) is 6.54 Å². The Labute approximate surface area is 149 Å². The van der Waals surface area contributed by atoms with Crippen LogP contribution in [-0.2, 0) is 6.54 Å². The topological polar surface area (TPSA) is 78.4 Å². The molecule has 2 rings (SSSR count). The van der Waals surface area contributed by atoms with E-state index in [2.05, 4.69) is 41.9 Å². The first kappa shape index (κ1) is 17.9. The number of pyridine rings is 1. The molecule has 0 unspecified atom stereocenters. The third-order valence-corrected chi connectivity index (χ3v) is 3.67. The monoisotopic (exact) mass is 389 g/mol. The second-order valence-corrected chi connectivity index (χ2v) is 5.86. The van der Waals surface area contributed by atoms with Crippen molar-refractivity contribution in [1.29, 1.82) is 0 Å². The number of aliphatic imine (C=N–C) groups is 1. The van der Waals surface area contributed by atoms with E-state index in [0.29, 0.717) is 31.2 Å². The van der Waals surface area contributed by atoms with Gasteiger partial charge >= 0.3 is 0 Å². The molecule has 2 aromatic rings. The van der Waals surface area contributed by atoms with Gasteiger partial charge < -0.3 is 16.0 Å². The Morgan fingerprint density at radius 1 is 1.12 bits per heavy atom. The summed E-state index contributed by atoms with van der Waals surface area (Å²) >= 11 is 3.36. The minimum absolute atomic E-state index is 0.102. The highest BCUT2D eigenvalue weighted by molar-refractivity contribution is 9.10. The lowest BCUT2D eigenvalue weighted by molar-refractivity contribution is 0.0954. The molecule has 0 aliphatic rings. The van der Waals surface area contributed by atoms with Crippen LogP contribution >= 0.6 is 15.9 Å². The molecule has 1 amide bonds. The highest BCUT2D eigenvalue weighted by Gasteiger charge is 2.05. The van der Waals surface area contributed by atoms with Gasteiger partial charge in [0.1, 0.15) is 0 Å². The van der Waals surface area contributed by atoms with Crippen LogP contribution in [0, 0.1) is 0 Å². The first-order valence-electron chi connectivity index (χ1n) is 7.57. The number of halogens is 1. The van der Waals surface area contributed by atoms with Gasteiger partial charge in [-0.25, -0.2) is 0 Å². The fourth-order valence-corrected chi connectivity index (χ4v) is 2.39. The van der Waals surface area contributed by atoms with Crippen molar-refractivity contribution in [2.75, 3.05) is 20.1 Å². The van der Waals surface area contributed by atoms with E-state index in [1.165, 1.54) is 0 Å². The molecule has 0 saturated heterocycles. The largest absolute Gasteiger partial charge is 0.355 e. The predicted molar refractivity (Wildman–Crippen MR) is 98.9 cm³/mol. The van der Waals surface area contributed by atoms with Crippen LogP contribution in [-0.4, -0.2) is 37.0 Å². The van der Waals surface area contributed by atoms with Crippen molar-refractivity contribution in [3.8, 4) is 0 Å². The SMILES string of the molecule is CN=C(NCCNC(=O)c1cccc(Br)c1)NCc1ccccn1. The minimum atomic E-state index is -0.102. The van der Waals surface area contributed by atoms with E-state index in [4.69, 9.17) is 0 Å². The average molecular weight is 390 g/mol. The number of carbonyl (C=O) groups excluding carboxylic acids is 1. The van der Waals surface area contributed by atoms with Crippen molar-refractivity contribution < 1.29 is 4.79 Å². The smallest absolute Gasteiger partial charge is 0.251 e. The van der Waals surface area contributed by atoms with Crippen LogP contribution in [0.4, 0.5) is 0 Å². The summed E-state index contributed by atoms with van der Waals surface area (Å²) in [5.41, 5.74) is 1.56. The van der Waals surface area contributed by atoms with Crippen LogP contribution in [0.25, 0.3) is 0 Å². The summed E-state index contributed by atoms with van der Waals surface area (Å²) in [5.74, 6) is 0.562. The summed E-state index contributed by atoms with van der Waals surface area (Å²) in [4.78, 5) is 20.4. The lowest BCUT2D eigenvalue weighted by Gasteiger charge is -2.12. The quantitative estimate of drug-likeness (QED) is 0.400. The van der Waals surface area contributed by atoms with E-state index in [1.807, 2.05) is 30.3 Å². The zero-order valence-corrected chi connectivity index (χ0v) is 15.0. The number of carbonyl (C=O) groups is 1. The van der Waals surface area contributed by atoms with Crippen molar-refractivity contribution >= 4 is 27.8 Å². The van der Waals surface area contributed by atoms with Gasteiger partial charge in [-0.2, -0.15) is 0 Å². The Balaban J connectivity index is 1.69. The Morgan fingerprint density at radius 2 is 1.96 bits per heavy atom. The number of aromatic nitrogens is 1. The van der Waals surface area contributed by atoms with Gasteiger partial charge in [0, 0.05) is 36.4 Å². The van der Waals surface area contributed by atoms with Crippen LogP contribution in [0.5, 0.6) is 0 Å². The van der Waals surface area contributed by atoms with E-state index in [9.17, 15) is 4.79 Å². The molecule has 7 heteroatoms. The highest BCUT2D eigenvalue weighted by atomic mass is 79.9. The Kier molecular flexibility index (Phi) is 7.22. The maximum Gasteiger partial charge on any atom is 0.251 e.